The van der Waals surface area contributed by atoms with Crippen LogP contribution in [-0.4, -0.2) is 29.9 Å². The van der Waals surface area contributed by atoms with Crippen LogP contribution in [0, 0.1) is 5.92 Å². The van der Waals surface area contributed by atoms with Crippen molar-refractivity contribution in [2.24, 2.45) is 5.92 Å². The zero-order valence-corrected chi connectivity index (χ0v) is 14.6. The van der Waals surface area contributed by atoms with E-state index in [0.29, 0.717) is 12.6 Å². The van der Waals surface area contributed by atoms with Gasteiger partial charge in [0.05, 0.1) is 6.10 Å². The summed E-state index contributed by atoms with van der Waals surface area (Å²) < 4.78 is 6.02. The van der Waals surface area contributed by atoms with E-state index in [-0.39, 0.29) is 24.6 Å². The topological polar surface area (TPSA) is 70.6 Å². The lowest BCUT2D eigenvalue weighted by atomic mass is 9.98. The molecule has 5 nitrogen and oxygen atoms in total. The largest absolute Gasteiger partial charge is 0.490 e. The van der Waals surface area contributed by atoms with Crippen molar-refractivity contribution in [3.63, 3.8) is 0 Å². The normalized spacial score (nSPS) is 23.4. The number of carbonyl (C=O) groups is 1. The number of amides is 2. The molecule has 0 radical (unpaired) electrons. The lowest BCUT2D eigenvalue weighted by Gasteiger charge is -2.23. The van der Waals surface area contributed by atoms with E-state index in [1.165, 1.54) is 19.3 Å². The Kier molecular flexibility index (Phi) is 6.34. The number of carbonyl (C=O) groups excluding carboxylic acids is 1. The van der Waals surface area contributed by atoms with Crippen LogP contribution in [0.5, 0.6) is 5.75 Å². The summed E-state index contributed by atoms with van der Waals surface area (Å²) in [5.41, 5.74) is 1.04. The average Bonchev–Trinajstić information content (AvgIpc) is 3.09. The molecule has 0 unspecified atom stereocenters. The van der Waals surface area contributed by atoms with E-state index in [4.69, 9.17) is 9.84 Å². The minimum Gasteiger partial charge on any atom is -0.490 e. The summed E-state index contributed by atoms with van der Waals surface area (Å²) >= 11 is 0. The summed E-state index contributed by atoms with van der Waals surface area (Å²) in [6.07, 6.45) is 11.2. The Hall–Kier alpha value is -2.01. The minimum atomic E-state index is -0.184. The third-order valence-electron chi connectivity index (χ3n) is 4.95. The van der Waals surface area contributed by atoms with E-state index < -0.39 is 0 Å². The van der Waals surface area contributed by atoms with Gasteiger partial charge >= 0.3 is 6.03 Å². The number of hydrogen-bond acceptors (Lipinski definition) is 3. The second-order valence-corrected chi connectivity index (χ2v) is 7.02. The van der Waals surface area contributed by atoms with E-state index in [0.717, 1.165) is 30.6 Å². The zero-order valence-electron chi connectivity index (χ0n) is 14.6. The summed E-state index contributed by atoms with van der Waals surface area (Å²) in [7, 11) is 0. The van der Waals surface area contributed by atoms with Crippen LogP contribution in [0.3, 0.4) is 0 Å². The average molecular weight is 344 g/mol. The van der Waals surface area contributed by atoms with Crippen molar-refractivity contribution in [3.05, 3.63) is 42.0 Å². The molecule has 25 heavy (non-hydrogen) atoms. The molecule has 1 saturated carbocycles. The van der Waals surface area contributed by atoms with Gasteiger partial charge in [0, 0.05) is 25.1 Å². The molecule has 2 atom stereocenters. The molecule has 2 aliphatic rings. The Balaban J connectivity index is 1.39. The van der Waals surface area contributed by atoms with Crippen LogP contribution in [0.25, 0.3) is 0 Å². The van der Waals surface area contributed by atoms with Gasteiger partial charge in [0.1, 0.15) is 5.75 Å². The molecule has 3 N–H and O–H groups in total. The van der Waals surface area contributed by atoms with Crippen LogP contribution in [0.15, 0.2) is 36.4 Å². The highest BCUT2D eigenvalue weighted by Crippen LogP contribution is 2.23. The fourth-order valence-electron chi connectivity index (χ4n) is 3.48. The molecule has 2 aliphatic carbocycles. The van der Waals surface area contributed by atoms with Crippen LogP contribution >= 0.6 is 0 Å². The van der Waals surface area contributed by atoms with Gasteiger partial charge in [-0.15, -0.1) is 0 Å². The van der Waals surface area contributed by atoms with E-state index in [9.17, 15) is 4.79 Å². The van der Waals surface area contributed by atoms with Gasteiger partial charge in [0.25, 0.3) is 0 Å². The first-order valence-corrected chi connectivity index (χ1v) is 9.32. The van der Waals surface area contributed by atoms with Gasteiger partial charge < -0.3 is 20.5 Å². The standard InChI is InChI=1S/C20H28N2O3/c23-14-16-6-9-17(12-16)22-20(24)21-13-15-7-10-19(11-8-15)25-18-4-2-1-3-5-18/h6-11,16-18,23H,1-5,12-14H2,(H2,21,22,24)/t16-,17+/m0/s1. The number of ether oxygens (including phenoxy) is 1. The molecule has 0 heterocycles. The quantitative estimate of drug-likeness (QED) is 0.694. The number of benzene rings is 1. The molecule has 0 aliphatic heterocycles. The molecule has 0 aromatic heterocycles. The van der Waals surface area contributed by atoms with Gasteiger partial charge in [-0.2, -0.15) is 0 Å². The Morgan fingerprint density at radius 1 is 1.12 bits per heavy atom. The van der Waals surface area contributed by atoms with E-state index in [1.807, 2.05) is 36.4 Å². The SMILES string of the molecule is O=C(NCc1ccc(OC2CCCCC2)cc1)N[C@@H]1C=C[C@H](CO)C1. The number of rotatable bonds is 6. The molecule has 136 valence electrons. The lowest BCUT2D eigenvalue weighted by Crippen LogP contribution is -2.40. The molecule has 1 fully saturated rings. The first-order valence-electron chi connectivity index (χ1n) is 9.32. The third-order valence-corrected chi connectivity index (χ3v) is 4.95. The predicted octanol–water partition coefficient (Wildman–Crippen LogP) is 3.13. The summed E-state index contributed by atoms with van der Waals surface area (Å²) in [5, 5.41) is 14.9. The number of hydrogen-bond donors (Lipinski definition) is 3. The number of aliphatic hydroxyl groups excluding tert-OH is 1. The number of nitrogens with one attached hydrogen (secondary N) is 2. The van der Waals surface area contributed by atoms with Crippen LogP contribution in [-0.2, 0) is 6.54 Å². The molecule has 0 spiro atoms. The minimum absolute atomic E-state index is 0.00317. The van der Waals surface area contributed by atoms with Crippen LogP contribution in [0.1, 0.15) is 44.1 Å². The number of urea groups is 1. The maximum Gasteiger partial charge on any atom is 0.315 e. The first-order chi connectivity index (χ1) is 12.2. The van der Waals surface area contributed by atoms with Crippen molar-refractivity contribution in [1.82, 2.24) is 10.6 Å². The van der Waals surface area contributed by atoms with E-state index >= 15 is 0 Å². The van der Waals surface area contributed by atoms with Crippen molar-refractivity contribution in [2.45, 2.75) is 57.2 Å². The van der Waals surface area contributed by atoms with E-state index in [2.05, 4.69) is 10.6 Å². The van der Waals surface area contributed by atoms with Crippen LogP contribution in [0.4, 0.5) is 4.79 Å². The molecule has 2 amide bonds. The van der Waals surface area contributed by atoms with Crippen LogP contribution in [0.2, 0.25) is 0 Å². The zero-order chi connectivity index (χ0) is 17.5. The van der Waals surface area contributed by atoms with Crippen LogP contribution < -0.4 is 15.4 Å². The van der Waals surface area contributed by atoms with Gasteiger partial charge in [-0.3, -0.25) is 0 Å². The highest BCUT2D eigenvalue weighted by Gasteiger charge is 2.19. The summed E-state index contributed by atoms with van der Waals surface area (Å²) in [5.74, 6) is 1.06. The van der Waals surface area contributed by atoms with Crippen molar-refractivity contribution >= 4 is 6.03 Å². The highest BCUT2D eigenvalue weighted by molar-refractivity contribution is 5.74. The first kappa shape index (κ1) is 17.8. The van der Waals surface area contributed by atoms with Gasteiger partial charge in [-0.1, -0.05) is 30.7 Å². The molecule has 0 saturated heterocycles. The third kappa shape index (κ3) is 5.49. The second-order valence-electron chi connectivity index (χ2n) is 7.02. The Bertz CT molecular complexity index is 579. The van der Waals surface area contributed by atoms with Crippen molar-refractivity contribution in [1.29, 1.82) is 0 Å². The second kappa shape index (κ2) is 8.90. The summed E-state index contributed by atoms with van der Waals surface area (Å²) in [6.45, 7) is 0.612. The molecule has 5 heteroatoms. The molecule has 0 bridgehead atoms. The smallest absolute Gasteiger partial charge is 0.315 e. The Morgan fingerprint density at radius 3 is 2.56 bits per heavy atom. The van der Waals surface area contributed by atoms with Gasteiger partial charge in [0.15, 0.2) is 0 Å². The van der Waals surface area contributed by atoms with Crippen molar-refractivity contribution in [2.75, 3.05) is 6.61 Å². The Labute approximate surface area is 149 Å². The van der Waals surface area contributed by atoms with Gasteiger partial charge in [-0.25, -0.2) is 4.79 Å². The molecular weight excluding hydrogens is 316 g/mol. The predicted molar refractivity (Wildman–Crippen MR) is 97.4 cm³/mol. The molecular formula is C20H28N2O3. The molecule has 1 aromatic rings. The molecule has 1 aromatic carbocycles. The lowest BCUT2D eigenvalue weighted by molar-refractivity contribution is 0.155. The van der Waals surface area contributed by atoms with Gasteiger partial charge in [-0.05, 0) is 49.8 Å². The summed E-state index contributed by atoms with van der Waals surface area (Å²) in [6, 6.07) is 7.77. The maximum atomic E-state index is 12.0. The Morgan fingerprint density at radius 2 is 1.88 bits per heavy atom. The highest BCUT2D eigenvalue weighted by atomic mass is 16.5. The maximum absolute atomic E-state index is 12.0. The van der Waals surface area contributed by atoms with Gasteiger partial charge in [0.2, 0.25) is 0 Å². The fraction of sp³-hybridized carbons (Fsp3) is 0.550. The van der Waals surface area contributed by atoms with Crippen molar-refractivity contribution in [3.8, 4) is 5.75 Å². The monoisotopic (exact) mass is 344 g/mol. The van der Waals surface area contributed by atoms with Crippen molar-refractivity contribution < 1.29 is 14.6 Å². The molecule has 3 rings (SSSR count). The fourth-order valence-corrected chi connectivity index (χ4v) is 3.48. The van der Waals surface area contributed by atoms with E-state index in [1.54, 1.807) is 0 Å². The number of aliphatic hydroxyl groups is 1. The summed E-state index contributed by atoms with van der Waals surface area (Å²) in [4.78, 5) is 12.0.